The summed E-state index contributed by atoms with van der Waals surface area (Å²) in [6, 6.07) is 2.89. The normalized spacial score (nSPS) is 10.3. The van der Waals surface area contributed by atoms with Crippen LogP contribution in [0.1, 0.15) is 12.0 Å². The van der Waals surface area contributed by atoms with E-state index in [0.29, 0.717) is 29.3 Å². The van der Waals surface area contributed by atoms with Gasteiger partial charge in [-0.15, -0.1) is 0 Å². The van der Waals surface area contributed by atoms with Crippen LogP contribution in [-0.2, 0) is 6.42 Å². The van der Waals surface area contributed by atoms with Gasteiger partial charge in [0.15, 0.2) is 0 Å². The van der Waals surface area contributed by atoms with Crippen molar-refractivity contribution in [1.82, 2.24) is 0 Å². The first-order valence-electron chi connectivity index (χ1n) is 4.41. The first kappa shape index (κ1) is 11.3. The van der Waals surface area contributed by atoms with Gasteiger partial charge in [0.2, 0.25) is 0 Å². The molecule has 4 heteroatoms. The van der Waals surface area contributed by atoms with Crippen molar-refractivity contribution in [3.63, 3.8) is 0 Å². The number of rotatable bonds is 4. The Morgan fingerprint density at radius 3 is 2.79 bits per heavy atom. The summed E-state index contributed by atoms with van der Waals surface area (Å²) in [4.78, 5) is 0. The third kappa shape index (κ3) is 2.59. The molecule has 0 fully saturated rings. The number of hydrogen-bond donors (Lipinski definition) is 1. The molecule has 0 unspecified atom stereocenters. The maximum Gasteiger partial charge on any atom is 0.140 e. The van der Waals surface area contributed by atoms with Gasteiger partial charge in [-0.05, 0) is 31.0 Å². The average Bonchev–Trinajstić information content (AvgIpc) is 2.18. The third-order valence-electron chi connectivity index (χ3n) is 1.97. The molecule has 0 saturated heterocycles. The molecule has 1 aromatic rings. The molecule has 0 atom stereocenters. The molecule has 1 aromatic carbocycles. The Morgan fingerprint density at radius 2 is 2.21 bits per heavy atom. The van der Waals surface area contributed by atoms with Crippen LogP contribution in [0.3, 0.4) is 0 Å². The maximum atomic E-state index is 13.4. The Kier molecular flexibility index (Phi) is 4.17. The summed E-state index contributed by atoms with van der Waals surface area (Å²) in [5.74, 6) is 0.0698. The van der Waals surface area contributed by atoms with E-state index in [1.54, 1.807) is 6.07 Å². The van der Waals surface area contributed by atoms with Crippen molar-refractivity contribution in [2.75, 3.05) is 13.7 Å². The topological polar surface area (TPSA) is 35.2 Å². The second-order valence-electron chi connectivity index (χ2n) is 2.97. The summed E-state index contributed by atoms with van der Waals surface area (Å²) in [5, 5.41) is 0.431. The second kappa shape index (κ2) is 5.17. The molecule has 0 aliphatic rings. The van der Waals surface area contributed by atoms with Crippen molar-refractivity contribution in [2.45, 2.75) is 12.8 Å². The summed E-state index contributed by atoms with van der Waals surface area (Å²) >= 11 is 5.86. The first-order chi connectivity index (χ1) is 6.69. The lowest BCUT2D eigenvalue weighted by atomic mass is 10.1. The highest BCUT2D eigenvalue weighted by atomic mass is 35.5. The van der Waals surface area contributed by atoms with Crippen LogP contribution in [-0.4, -0.2) is 13.7 Å². The van der Waals surface area contributed by atoms with Crippen molar-refractivity contribution in [2.24, 2.45) is 5.73 Å². The third-order valence-corrected chi connectivity index (χ3v) is 2.27. The van der Waals surface area contributed by atoms with Crippen LogP contribution in [0.25, 0.3) is 0 Å². The van der Waals surface area contributed by atoms with Crippen molar-refractivity contribution < 1.29 is 9.13 Å². The van der Waals surface area contributed by atoms with E-state index in [2.05, 4.69) is 0 Å². The highest BCUT2D eigenvalue weighted by Gasteiger charge is 2.08. The minimum atomic E-state index is -0.292. The van der Waals surface area contributed by atoms with E-state index >= 15 is 0 Å². The number of nitrogens with two attached hydrogens (primary N) is 1. The molecule has 0 saturated carbocycles. The first-order valence-corrected chi connectivity index (χ1v) is 4.78. The molecule has 0 amide bonds. The number of hydrogen-bond acceptors (Lipinski definition) is 2. The van der Waals surface area contributed by atoms with E-state index in [1.807, 2.05) is 0 Å². The molecule has 0 aliphatic carbocycles. The van der Waals surface area contributed by atoms with Crippen LogP contribution in [0.15, 0.2) is 12.1 Å². The highest BCUT2D eigenvalue weighted by molar-refractivity contribution is 6.32. The average molecular weight is 218 g/mol. The van der Waals surface area contributed by atoms with Gasteiger partial charge in [0.25, 0.3) is 0 Å². The second-order valence-corrected chi connectivity index (χ2v) is 3.38. The van der Waals surface area contributed by atoms with Crippen LogP contribution >= 0.6 is 11.6 Å². The maximum absolute atomic E-state index is 13.4. The van der Waals surface area contributed by atoms with Crippen LogP contribution in [0.2, 0.25) is 5.02 Å². The minimum Gasteiger partial charge on any atom is -0.495 e. The van der Waals surface area contributed by atoms with E-state index in [-0.39, 0.29) is 5.82 Å². The van der Waals surface area contributed by atoms with E-state index in [1.165, 1.54) is 13.2 Å². The molecule has 0 radical (unpaired) electrons. The van der Waals surface area contributed by atoms with Gasteiger partial charge in [-0.2, -0.15) is 0 Å². The number of ether oxygens (including phenoxy) is 1. The zero-order valence-electron chi connectivity index (χ0n) is 8.02. The molecule has 1 rings (SSSR count). The fourth-order valence-electron chi connectivity index (χ4n) is 1.21. The van der Waals surface area contributed by atoms with Gasteiger partial charge in [-0.1, -0.05) is 11.6 Å². The van der Waals surface area contributed by atoms with Crippen LogP contribution in [0.5, 0.6) is 5.75 Å². The van der Waals surface area contributed by atoms with Crippen LogP contribution in [0.4, 0.5) is 4.39 Å². The lowest BCUT2D eigenvalue weighted by Crippen LogP contribution is -2.02. The van der Waals surface area contributed by atoms with Gasteiger partial charge < -0.3 is 10.5 Å². The van der Waals surface area contributed by atoms with Crippen molar-refractivity contribution >= 4 is 11.6 Å². The molecule has 2 N–H and O–H groups in total. The molecule has 78 valence electrons. The molecule has 14 heavy (non-hydrogen) atoms. The fraction of sp³-hybridized carbons (Fsp3) is 0.400. The van der Waals surface area contributed by atoms with Crippen molar-refractivity contribution in [1.29, 1.82) is 0 Å². The standard InChI is InChI=1S/C10H13ClFNO/c1-14-10-6-9(12)7(3-2-4-13)5-8(10)11/h5-6H,2-4,13H2,1H3. The summed E-state index contributed by atoms with van der Waals surface area (Å²) in [7, 11) is 1.46. The number of halogens is 2. The fourth-order valence-corrected chi connectivity index (χ4v) is 1.47. The number of aryl methyl sites for hydroxylation is 1. The Labute approximate surface area is 87.8 Å². The Balaban J connectivity index is 2.90. The van der Waals surface area contributed by atoms with Gasteiger partial charge in [-0.3, -0.25) is 0 Å². The van der Waals surface area contributed by atoms with Gasteiger partial charge in [-0.25, -0.2) is 4.39 Å². The summed E-state index contributed by atoms with van der Waals surface area (Å²) in [5.41, 5.74) is 5.92. The summed E-state index contributed by atoms with van der Waals surface area (Å²) < 4.78 is 18.2. The monoisotopic (exact) mass is 217 g/mol. The minimum absolute atomic E-state index is 0.292. The smallest absolute Gasteiger partial charge is 0.140 e. The summed E-state index contributed by atoms with van der Waals surface area (Å²) in [6.07, 6.45) is 1.35. The van der Waals surface area contributed by atoms with Crippen LogP contribution < -0.4 is 10.5 Å². The highest BCUT2D eigenvalue weighted by Crippen LogP contribution is 2.27. The van der Waals surface area contributed by atoms with Gasteiger partial charge in [0.05, 0.1) is 12.1 Å². The largest absolute Gasteiger partial charge is 0.495 e. The Morgan fingerprint density at radius 1 is 1.50 bits per heavy atom. The number of methoxy groups -OCH3 is 1. The van der Waals surface area contributed by atoms with Crippen molar-refractivity contribution in [3.8, 4) is 5.75 Å². The molecule has 0 spiro atoms. The van der Waals surface area contributed by atoms with E-state index in [9.17, 15) is 4.39 Å². The summed E-state index contributed by atoms with van der Waals surface area (Å²) in [6.45, 7) is 0.545. The zero-order valence-corrected chi connectivity index (χ0v) is 8.77. The lowest BCUT2D eigenvalue weighted by Gasteiger charge is -2.07. The SMILES string of the molecule is COc1cc(F)c(CCCN)cc1Cl. The molecule has 0 bridgehead atoms. The van der Waals surface area contributed by atoms with Crippen LogP contribution in [0, 0.1) is 5.82 Å². The molecule has 0 heterocycles. The quantitative estimate of drug-likeness (QED) is 0.841. The molecular weight excluding hydrogens is 205 g/mol. The number of benzene rings is 1. The zero-order chi connectivity index (χ0) is 10.6. The van der Waals surface area contributed by atoms with Gasteiger partial charge in [0, 0.05) is 6.07 Å². The molecule has 2 nitrogen and oxygen atoms in total. The molecule has 0 aliphatic heterocycles. The van der Waals surface area contributed by atoms with Crippen molar-refractivity contribution in [3.05, 3.63) is 28.5 Å². The van der Waals surface area contributed by atoms with E-state index < -0.39 is 0 Å². The van der Waals surface area contributed by atoms with E-state index in [0.717, 1.165) is 6.42 Å². The Hall–Kier alpha value is -0.800. The predicted octanol–water partition coefficient (Wildman–Crippen LogP) is 2.38. The molecule has 0 aromatic heterocycles. The molecular formula is C10H13ClFNO. The van der Waals surface area contributed by atoms with Gasteiger partial charge in [0.1, 0.15) is 11.6 Å². The van der Waals surface area contributed by atoms with Gasteiger partial charge >= 0.3 is 0 Å². The predicted molar refractivity (Wildman–Crippen MR) is 55.3 cm³/mol. The lowest BCUT2D eigenvalue weighted by molar-refractivity contribution is 0.411. The Bertz CT molecular complexity index is 317. The van der Waals surface area contributed by atoms with E-state index in [4.69, 9.17) is 22.1 Å².